The highest BCUT2D eigenvalue weighted by molar-refractivity contribution is 4.98. The van der Waals surface area contributed by atoms with Crippen LogP contribution in [0.3, 0.4) is 0 Å². The van der Waals surface area contributed by atoms with E-state index in [0.717, 1.165) is 6.54 Å². The van der Waals surface area contributed by atoms with E-state index in [-0.39, 0.29) is 5.60 Å². The van der Waals surface area contributed by atoms with Crippen molar-refractivity contribution in [2.24, 2.45) is 5.92 Å². The molecule has 1 N–H and O–H groups in total. The van der Waals surface area contributed by atoms with Crippen LogP contribution in [0.25, 0.3) is 0 Å². The Bertz CT molecular complexity index is 162. The average Bonchev–Trinajstić information content (AvgIpc) is 2.63. The number of likely N-dealkylation sites (N-methyl/N-ethyl adjacent to an activating group) is 1. The lowest BCUT2D eigenvalue weighted by atomic mass is 9.84. The van der Waals surface area contributed by atoms with Crippen LogP contribution in [0.4, 0.5) is 0 Å². The molecule has 0 spiro atoms. The third-order valence-electron chi connectivity index (χ3n) is 3.51. The van der Waals surface area contributed by atoms with Crippen LogP contribution in [-0.4, -0.2) is 25.3 Å². The molecular formula is C12H25NO. The lowest BCUT2D eigenvalue weighted by molar-refractivity contribution is -0.0474. The second kappa shape index (κ2) is 5.13. The van der Waals surface area contributed by atoms with E-state index in [1.165, 1.54) is 25.7 Å². The Morgan fingerprint density at radius 3 is 2.21 bits per heavy atom. The van der Waals surface area contributed by atoms with E-state index >= 15 is 0 Å². The number of hydrogen-bond donors (Lipinski definition) is 1. The SMILES string of the molecule is CCNC(C(C)C)C1(OC)CCCC1. The maximum absolute atomic E-state index is 5.81. The third kappa shape index (κ3) is 2.29. The Hall–Kier alpha value is -0.0800. The highest BCUT2D eigenvalue weighted by atomic mass is 16.5. The maximum Gasteiger partial charge on any atom is 0.0833 e. The van der Waals surface area contributed by atoms with E-state index < -0.39 is 0 Å². The number of methoxy groups -OCH3 is 1. The average molecular weight is 199 g/mol. The molecule has 0 bridgehead atoms. The van der Waals surface area contributed by atoms with Gasteiger partial charge in [-0.15, -0.1) is 0 Å². The number of rotatable bonds is 5. The number of ether oxygens (including phenoxy) is 1. The number of nitrogens with one attached hydrogen (secondary N) is 1. The van der Waals surface area contributed by atoms with Gasteiger partial charge in [0.1, 0.15) is 0 Å². The minimum Gasteiger partial charge on any atom is -0.377 e. The third-order valence-corrected chi connectivity index (χ3v) is 3.51. The Morgan fingerprint density at radius 2 is 1.86 bits per heavy atom. The largest absolute Gasteiger partial charge is 0.377 e. The number of hydrogen-bond acceptors (Lipinski definition) is 2. The van der Waals surface area contributed by atoms with Crippen LogP contribution in [0.5, 0.6) is 0 Å². The summed E-state index contributed by atoms with van der Waals surface area (Å²) in [5.74, 6) is 0.646. The molecule has 0 radical (unpaired) electrons. The van der Waals surface area contributed by atoms with Crippen LogP contribution in [0, 0.1) is 5.92 Å². The van der Waals surface area contributed by atoms with Gasteiger partial charge < -0.3 is 10.1 Å². The normalized spacial score (nSPS) is 22.9. The molecule has 2 heteroatoms. The van der Waals surface area contributed by atoms with Gasteiger partial charge in [0.2, 0.25) is 0 Å². The van der Waals surface area contributed by atoms with E-state index in [9.17, 15) is 0 Å². The quantitative estimate of drug-likeness (QED) is 0.735. The van der Waals surface area contributed by atoms with Crippen molar-refractivity contribution < 1.29 is 4.74 Å². The summed E-state index contributed by atoms with van der Waals surface area (Å²) in [4.78, 5) is 0. The van der Waals surface area contributed by atoms with E-state index in [0.29, 0.717) is 12.0 Å². The van der Waals surface area contributed by atoms with Crippen LogP contribution in [0.2, 0.25) is 0 Å². The topological polar surface area (TPSA) is 21.3 Å². The fourth-order valence-corrected chi connectivity index (χ4v) is 2.86. The zero-order valence-corrected chi connectivity index (χ0v) is 10.1. The van der Waals surface area contributed by atoms with Gasteiger partial charge in [0.05, 0.1) is 5.60 Å². The Morgan fingerprint density at radius 1 is 1.29 bits per heavy atom. The Kier molecular flexibility index (Phi) is 4.39. The molecule has 2 nitrogen and oxygen atoms in total. The predicted molar refractivity (Wildman–Crippen MR) is 60.5 cm³/mol. The summed E-state index contributed by atoms with van der Waals surface area (Å²) in [5, 5.41) is 3.59. The summed E-state index contributed by atoms with van der Waals surface area (Å²) < 4.78 is 5.81. The fraction of sp³-hybridized carbons (Fsp3) is 1.00. The summed E-state index contributed by atoms with van der Waals surface area (Å²) >= 11 is 0. The molecule has 1 unspecified atom stereocenters. The second-order valence-electron chi connectivity index (χ2n) is 4.76. The fourth-order valence-electron chi connectivity index (χ4n) is 2.86. The van der Waals surface area contributed by atoms with E-state index in [4.69, 9.17) is 4.74 Å². The molecule has 0 aromatic carbocycles. The molecule has 0 aliphatic heterocycles. The summed E-state index contributed by atoms with van der Waals surface area (Å²) in [5.41, 5.74) is 0.115. The van der Waals surface area contributed by atoms with E-state index in [1.807, 2.05) is 7.11 Å². The van der Waals surface area contributed by atoms with Gasteiger partial charge in [-0.1, -0.05) is 33.6 Å². The van der Waals surface area contributed by atoms with E-state index in [1.54, 1.807) is 0 Å². The zero-order chi connectivity index (χ0) is 10.6. The van der Waals surface area contributed by atoms with Crippen molar-refractivity contribution in [1.29, 1.82) is 0 Å². The zero-order valence-electron chi connectivity index (χ0n) is 10.1. The highest BCUT2D eigenvalue weighted by Crippen LogP contribution is 2.37. The smallest absolute Gasteiger partial charge is 0.0833 e. The van der Waals surface area contributed by atoms with Gasteiger partial charge in [0, 0.05) is 13.2 Å². The molecule has 1 rings (SSSR count). The molecule has 1 fully saturated rings. The molecule has 1 aliphatic carbocycles. The predicted octanol–water partition coefficient (Wildman–Crippen LogP) is 2.58. The van der Waals surface area contributed by atoms with Crippen molar-refractivity contribution in [1.82, 2.24) is 5.32 Å². The van der Waals surface area contributed by atoms with Gasteiger partial charge in [0.25, 0.3) is 0 Å². The van der Waals surface area contributed by atoms with Crippen LogP contribution in [0.1, 0.15) is 46.5 Å². The molecule has 1 saturated carbocycles. The van der Waals surface area contributed by atoms with E-state index in [2.05, 4.69) is 26.1 Å². The first-order chi connectivity index (χ1) is 6.66. The van der Waals surface area contributed by atoms with Crippen molar-refractivity contribution in [2.75, 3.05) is 13.7 Å². The van der Waals surface area contributed by atoms with Crippen molar-refractivity contribution in [3.63, 3.8) is 0 Å². The van der Waals surface area contributed by atoms with Gasteiger partial charge in [-0.25, -0.2) is 0 Å². The van der Waals surface area contributed by atoms with Crippen LogP contribution in [0.15, 0.2) is 0 Å². The first kappa shape index (κ1) is 12.0. The molecule has 0 amide bonds. The van der Waals surface area contributed by atoms with Gasteiger partial charge >= 0.3 is 0 Å². The van der Waals surface area contributed by atoms with Gasteiger partial charge in [0.15, 0.2) is 0 Å². The van der Waals surface area contributed by atoms with Gasteiger partial charge in [-0.2, -0.15) is 0 Å². The second-order valence-corrected chi connectivity index (χ2v) is 4.76. The van der Waals surface area contributed by atoms with Crippen molar-refractivity contribution >= 4 is 0 Å². The molecule has 1 aliphatic rings. The first-order valence-corrected chi connectivity index (χ1v) is 5.95. The summed E-state index contributed by atoms with van der Waals surface area (Å²) in [6.45, 7) is 7.78. The molecule has 0 saturated heterocycles. The van der Waals surface area contributed by atoms with Crippen molar-refractivity contribution in [3.05, 3.63) is 0 Å². The minimum atomic E-state index is 0.115. The first-order valence-electron chi connectivity index (χ1n) is 5.95. The molecule has 0 aromatic rings. The lowest BCUT2D eigenvalue weighted by Crippen LogP contribution is -2.53. The summed E-state index contributed by atoms with van der Waals surface area (Å²) in [6.07, 6.45) is 5.09. The monoisotopic (exact) mass is 199 g/mol. The summed E-state index contributed by atoms with van der Waals surface area (Å²) in [7, 11) is 1.87. The van der Waals surface area contributed by atoms with Gasteiger partial charge in [-0.05, 0) is 25.3 Å². The van der Waals surface area contributed by atoms with Crippen molar-refractivity contribution in [2.45, 2.75) is 58.1 Å². The maximum atomic E-state index is 5.81. The van der Waals surface area contributed by atoms with Crippen molar-refractivity contribution in [3.8, 4) is 0 Å². The molecule has 0 heterocycles. The molecule has 84 valence electrons. The molecule has 0 aromatic heterocycles. The Labute approximate surface area is 88.4 Å². The van der Waals surface area contributed by atoms with Gasteiger partial charge in [-0.3, -0.25) is 0 Å². The van der Waals surface area contributed by atoms with Crippen LogP contribution >= 0.6 is 0 Å². The molecular weight excluding hydrogens is 174 g/mol. The minimum absolute atomic E-state index is 0.115. The molecule has 1 atom stereocenters. The van der Waals surface area contributed by atoms with Crippen LogP contribution < -0.4 is 5.32 Å². The van der Waals surface area contributed by atoms with Crippen LogP contribution in [-0.2, 0) is 4.74 Å². The lowest BCUT2D eigenvalue weighted by Gasteiger charge is -2.39. The highest BCUT2D eigenvalue weighted by Gasteiger charge is 2.42. The summed E-state index contributed by atoms with van der Waals surface area (Å²) in [6, 6.07) is 0.514. The standard InChI is InChI=1S/C12H25NO/c1-5-13-11(10(2)3)12(14-4)8-6-7-9-12/h10-11,13H,5-9H2,1-4H3. The Balaban J connectivity index is 2.71. The molecule has 14 heavy (non-hydrogen) atoms.